The van der Waals surface area contributed by atoms with Crippen molar-refractivity contribution in [3.8, 4) is 11.3 Å². The highest BCUT2D eigenvalue weighted by Gasteiger charge is 2.28. The number of pyridine rings is 2. The summed E-state index contributed by atoms with van der Waals surface area (Å²) in [5, 5.41) is 13.8. The van der Waals surface area contributed by atoms with Gasteiger partial charge in [0.25, 0.3) is 11.5 Å². The van der Waals surface area contributed by atoms with Gasteiger partial charge in [-0.2, -0.15) is 11.3 Å². The van der Waals surface area contributed by atoms with Gasteiger partial charge in [-0.25, -0.2) is 9.78 Å². The van der Waals surface area contributed by atoms with E-state index in [0.29, 0.717) is 47.9 Å². The molecule has 0 radical (unpaired) electrons. The van der Waals surface area contributed by atoms with Gasteiger partial charge in [0.2, 0.25) is 0 Å². The summed E-state index contributed by atoms with van der Waals surface area (Å²) >= 11 is 1.56. The number of aliphatic hydroxyl groups is 1. The Balaban J connectivity index is 1.67. The number of aliphatic hydroxyl groups excluding tert-OH is 1. The molecule has 1 amide bonds. The number of carbonyl (C=O) groups is 1. The average molecular weight is 452 g/mol. The molecule has 0 saturated carbocycles. The van der Waals surface area contributed by atoms with Crippen LogP contribution in [0.4, 0.5) is 0 Å². The second-order valence-corrected chi connectivity index (χ2v) is 8.74. The fourth-order valence-corrected chi connectivity index (χ4v) is 4.97. The fraction of sp³-hybridized carbons (Fsp3) is 0.318. The topological polar surface area (TPSA) is 121 Å². The van der Waals surface area contributed by atoms with Crippen LogP contribution in [0, 0.1) is 0 Å². The Morgan fingerprint density at radius 2 is 2.03 bits per heavy atom. The number of fused-ring (bicyclic) bond motifs is 3. The maximum atomic E-state index is 13.0. The van der Waals surface area contributed by atoms with Crippen LogP contribution in [0.25, 0.3) is 33.2 Å². The van der Waals surface area contributed by atoms with Gasteiger partial charge >= 0.3 is 5.69 Å². The van der Waals surface area contributed by atoms with Crippen LogP contribution in [-0.2, 0) is 4.79 Å². The second-order valence-electron chi connectivity index (χ2n) is 7.96. The Morgan fingerprint density at radius 3 is 2.72 bits per heavy atom. The van der Waals surface area contributed by atoms with E-state index in [-0.39, 0.29) is 11.9 Å². The van der Waals surface area contributed by atoms with Crippen molar-refractivity contribution in [2.75, 3.05) is 13.1 Å². The molecule has 0 unspecified atom stereocenters. The number of aromatic amines is 1. The van der Waals surface area contributed by atoms with Crippen molar-refractivity contribution in [1.29, 1.82) is 0 Å². The Labute approximate surface area is 186 Å². The average Bonchev–Trinajstić information content (AvgIpc) is 3.33. The number of aromatic nitrogens is 4. The highest BCUT2D eigenvalue weighted by molar-refractivity contribution is 7.08. The summed E-state index contributed by atoms with van der Waals surface area (Å²) < 4.78 is 1.59. The van der Waals surface area contributed by atoms with Crippen molar-refractivity contribution < 1.29 is 9.90 Å². The molecule has 4 aromatic heterocycles. The van der Waals surface area contributed by atoms with Crippen molar-refractivity contribution in [1.82, 2.24) is 24.4 Å². The van der Waals surface area contributed by atoms with Crippen LogP contribution in [-0.4, -0.2) is 54.6 Å². The zero-order valence-corrected chi connectivity index (χ0v) is 18.1. The molecule has 0 bridgehead atoms. The number of hydrogen-bond acceptors (Lipinski definition) is 7. The molecule has 0 aromatic carbocycles. The lowest BCUT2D eigenvalue weighted by molar-refractivity contribution is -0.140. The lowest BCUT2D eigenvalue weighted by Gasteiger charge is -2.34. The van der Waals surface area contributed by atoms with Gasteiger partial charge in [-0.3, -0.25) is 24.1 Å². The van der Waals surface area contributed by atoms with Crippen LogP contribution in [0.1, 0.15) is 25.8 Å². The van der Waals surface area contributed by atoms with Crippen molar-refractivity contribution in [2.24, 2.45) is 0 Å². The van der Waals surface area contributed by atoms with Gasteiger partial charge in [0.05, 0.1) is 22.1 Å². The number of likely N-dealkylation sites (tertiary alicyclic amines) is 1. The van der Waals surface area contributed by atoms with Crippen molar-refractivity contribution >= 4 is 39.2 Å². The molecule has 1 aliphatic rings. The minimum absolute atomic E-state index is 0.225. The normalized spacial score (nSPS) is 16.0. The highest BCUT2D eigenvalue weighted by Crippen LogP contribution is 2.29. The molecule has 32 heavy (non-hydrogen) atoms. The van der Waals surface area contributed by atoms with E-state index in [1.807, 2.05) is 29.0 Å². The van der Waals surface area contributed by atoms with Crippen LogP contribution in [0.2, 0.25) is 0 Å². The van der Waals surface area contributed by atoms with E-state index in [4.69, 9.17) is 4.98 Å². The standard InChI is InChI=1S/C22H21N5O4S/c1-12(28)21(30)26-7-4-14(5-8-26)27-19-15(20(29)25-22(27)31)10-23-17-3-2-16(24-18(17)19)13-6-9-32-11-13/h2-3,6,9-12,14,28H,4-5,7-8H2,1H3,(H,25,29,31)/t12-/m0/s1. The van der Waals surface area contributed by atoms with Gasteiger partial charge in [-0.05, 0) is 43.3 Å². The van der Waals surface area contributed by atoms with E-state index < -0.39 is 17.4 Å². The van der Waals surface area contributed by atoms with Gasteiger partial charge in [-0.1, -0.05) is 0 Å². The molecule has 2 N–H and O–H groups in total. The van der Waals surface area contributed by atoms with Gasteiger partial charge in [0.1, 0.15) is 11.6 Å². The number of nitrogens with one attached hydrogen (secondary N) is 1. The molecule has 0 spiro atoms. The minimum Gasteiger partial charge on any atom is -0.384 e. The van der Waals surface area contributed by atoms with E-state index in [9.17, 15) is 19.5 Å². The molecule has 164 valence electrons. The molecule has 1 fully saturated rings. The highest BCUT2D eigenvalue weighted by atomic mass is 32.1. The number of carbonyl (C=O) groups excluding carboxylic acids is 1. The molecule has 1 aliphatic heterocycles. The third kappa shape index (κ3) is 3.41. The van der Waals surface area contributed by atoms with Crippen molar-refractivity contribution in [3.63, 3.8) is 0 Å². The molecule has 5 rings (SSSR count). The number of thiophene rings is 1. The molecular weight excluding hydrogens is 430 g/mol. The predicted molar refractivity (Wildman–Crippen MR) is 122 cm³/mol. The van der Waals surface area contributed by atoms with Crippen molar-refractivity contribution in [2.45, 2.75) is 31.9 Å². The van der Waals surface area contributed by atoms with E-state index in [1.165, 1.54) is 13.1 Å². The van der Waals surface area contributed by atoms with Crippen LogP contribution in [0.3, 0.4) is 0 Å². The molecule has 5 heterocycles. The van der Waals surface area contributed by atoms with Crippen LogP contribution < -0.4 is 11.2 Å². The predicted octanol–water partition coefficient (Wildman–Crippen LogP) is 1.91. The Hall–Kier alpha value is -3.37. The first-order valence-corrected chi connectivity index (χ1v) is 11.3. The summed E-state index contributed by atoms with van der Waals surface area (Å²) in [6.07, 6.45) is 1.46. The number of H-pyrrole nitrogens is 1. The molecular formula is C22H21N5O4S. The van der Waals surface area contributed by atoms with Crippen LogP contribution in [0.15, 0.2) is 44.7 Å². The van der Waals surface area contributed by atoms with Gasteiger partial charge in [0.15, 0.2) is 0 Å². The first-order valence-electron chi connectivity index (χ1n) is 10.4. The SMILES string of the molecule is C[C@H](O)C(=O)N1CCC(n2c(=O)[nH]c(=O)c3cnc4ccc(-c5ccsc5)nc4c32)CC1. The monoisotopic (exact) mass is 451 g/mol. The van der Waals surface area contributed by atoms with Gasteiger partial charge < -0.3 is 10.0 Å². The van der Waals surface area contributed by atoms with E-state index >= 15 is 0 Å². The van der Waals surface area contributed by atoms with E-state index in [0.717, 1.165) is 11.3 Å². The summed E-state index contributed by atoms with van der Waals surface area (Å²) in [7, 11) is 0. The Kier molecular flexibility index (Phi) is 5.10. The molecule has 9 nitrogen and oxygen atoms in total. The first kappa shape index (κ1) is 20.5. The van der Waals surface area contributed by atoms with Crippen molar-refractivity contribution in [3.05, 3.63) is 56.0 Å². The Bertz CT molecular complexity index is 1430. The fourth-order valence-electron chi connectivity index (χ4n) is 4.32. The molecule has 4 aromatic rings. The first-order chi connectivity index (χ1) is 15.4. The minimum atomic E-state index is -1.06. The van der Waals surface area contributed by atoms with Crippen LogP contribution in [0.5, 0.6) is 0 Å². The third-order valence-electron chi connectivity index (χ3n) is 5.93. The van der Waals surface area contributed by atoms with Crippen LogP contribution >= 0.6 is 11.3 Å². The maximum absolute atomic E-state index is 13.0. The summed E-state index contributed by atoms with van der Waals surface area (Å²) in [5.74, 6) is -0.321. The molecule has 0 aliphatic carbocycles. The van der Waals surface area contributed by atoms with Gasteiger partial charge in [-0.15, -0.1) is 0 Å². The zero-order valence-electron chi connectivity index (χ0n) is 17.3. The summed E-state index contributed by atoms with van der Waals surface area (Å²) in [4.78, 5) is 50.9. The number of amides is 1. The molecule has 1 atom stereocenters. The second kappa shape index (κ2) is 7.95. The number of piperidine rings is 1. The summed E-state index contributed by atoms with van der Waals surface area (Å²) in [6, 6.07) is 5.46. The summed E-state index contributed by atoms with van der Waals surface area (Å²) in [6.45, 7) is 2.28. The molecule has 1 saturated heterocycles. The van der Waals surface area contributed by atoms with Gasteiger partial charge in [0, 0.05) is 36.3 Å². The van der Waals surface area contributed by atoms with E-state index in [1.54, 1.807) is 20.8 Å². The number of hydrogen-bond donors (Lipinski definition) is 2. The largest absolute Gasteiger partial charge is 0.384 e. The summed E-state index contributed by atoms with van der Waals surface area (Å²) in [5.41, 5.74) is 2.25. The molecule has 10 heteroatoms. The van der Waals surface area contributed by atoms with E-state index in [2.05, 4.69) is 9.97 Å². The Morgan fingerprint density at radius 1 is 1.25 bits per heavy atom. The quantitative estimate of drug-likeness (QED) is 0.459. The third-order valence-corrected chi connectivity index (χ3v) is 6.61. The lowest BCUT2D eigenvalue weighted by atomic mass is 10.0. The smallest absolute Gasteiger partial charge is 0.329 e. The lowest BCUT2D eigenvalue weighted by Crippen LogP contribution is -2.45. The zero-order chi connectivity index (χ0) is 22.4. The number of rotatable bonds is 3. The maximum Gasteiger partial charge on any atom is 0.329 e. The number of nitrogens with zero attached hydrogens (tertiary/aromatic N) is 4.